The van der Waals surface area contributed by atoms with Crippen molar-refractivity contribution in [1.82, 2.24) is 4.90 Å². The Morgan fingerprint density at radius 3 is 2.88 bits per heavy atom. The molecule has 1 saturated heterocycles. The van der Waals surface area contributed by atoms with Crippen LogP contribution in [0.4, 0.5) is 0 Å². The molecular weight excluding hydrogens is 282 g/mol. The molecular formula is C13H16BrNO2. The molecule has 1 aliphatic rings. The third-order valence-electron chi connectivity index (χ3n) is 3.57. The van der Waals surface area contributed by atoms with Gasteiger partial charge in [-0.2, -0.15) is 0 Å². The van der Waals surface area contributed by atoms with Crippen molar-refractivity contribution >= 4 is 21.9 Å². The van der Waals surface area contributed by atoms with E-state index >= 15 is 0 Å². The average molecular weight is 298 g/mol. The van der Waals surface area contributed by atoms with Gasteiger partial charge >= 0.3 is 5.97 Å². The standard InChI is InChI=1S/C13H16BrNO2/c1-13(12(16)17)7-4-8-15(13)9-10-5-2-3-6-11(10)14/h2-3,5-6H,4,7-9H2,1H3,(H,16,17). The second-order valence-electron chi connectivity index (χ2n) is 4.70. The third-order valence-corrected chi connectivity index (χ3v) is 4.34. The minimum absolute atomic E-state index is 0.685. The van der Waals surface area contributed by atoms with Gasteiger partial charge in [0.2, 0.25) is 0 Å². The van der Waals surface area contributed by atoms with Gasteiger partial charge in [0.1, 0.15) is 5.54 Å². The molecule has 0 amide bonds. The van der Waals surface area contributed by atoms with E-state index in [1.54, 1.807) is 0 Å². The summed E-state index contributed by atoms with van der Waals surface area (Å²) in [6, 6.07) is 7.97. The molecule has 1 fully saturated rings. The molecule has 0 saturated carbocycles. The molecule has 1 N–H and O–H groups in total. The molecule has 17 heavy (non-hydrogen) atoms. The van der Waals surface area contributed by atoms with E-state index in [1.165, 1.54) is 0 Å². The number of carbonyl (C=O) groups is 1. The number of likely N-dealkylation sites (tertiary alicyclic amines) is 1. The van der Waals surface area contributed by atoms with Crippen molar-refractivity contribution in [3.05, 3.63) is 34.3 Å². The predicted octanol–water partition coefficient (Wildman–Crippen LogP) is 2.89. The van der Waals surface area contributed by atoms with Crippen molar-refractivity contribution in [2.75, 3.05) is 6.54 Å². The third kappa shape index (κ3) is 2.38. The Morgan fingerprint density at radius 1 is 1.53 bits per heavy atom. The molecule has 1 aromatic rings. The van der Waals surface area contributed by atoms with E-state index in [2.05, 4.69) is 20.8 Å². The first kappa shape index (κ1) is 12.6. The molecule has 1 aromatic carbocycles. The summed E-state index contributed by atoms with van der Waals surface area (Å²) < 4.78 is 1.04. The molecule has 92 valence electrons. The number of hydrogen-bond acceptors (Lipinski definition) is 2. The number of rotatable bonds is 3. The zero-order valence-corrected chi connectivity index (χ0v) is 11.4. The molecule has 1 heterocycles. The van der Waals surface area contributed by atoms with Gasteiger partial charge in [-0.15, -0.1) is 0 Å². The van der Waals surface area contributed by atoms with E-state index in [-0.39, 0.29) is 0 Å². The zero-order chi connectivity index (χ0) is 12.5. The Balaban J connectivity index is 2.19. The lowest BCUT2D eigenvalue weighted by Crippen LogP contribution is -2.47. The van der Waals surface area contributed by atoms with Crippen LogP contribution in [0.2, 0.25) is 0 Å². The SMILES string of the molecule is CC1(C(=O)O)CCCN1Cc1ccccc1Br. The van der Waals surface area contributed by atoms with Crippen LogP contribution in [0.25, 0.3) is 0 Å². The molecule has 3 nitrogen and oxygen atoms in total. The largest absolute Gasteiger partial charge is 0.480 e. The van der Waals surface area contributed by atoms with E-state index in [0.717, 1.165) is 29.4 Å². The van der Waals surface area contributed by atoms with Crippen LogP contribution >= 0.6 is 15.9 Å². The maximum Gasteiger partial charge on any atom is 0.323 e. The van der Waals surface area contributed by atoms with Crippen molar-refractivity contribution < 1.29 is 9.90 Å². The molecule has 1 unspecified atom stereocenters. The monoisotopic (exact) mass is 297 g/mol. The predicted molar refractivity (Wildman–Crippen MR) is 69.8 cm³/mol. The quantitative estimate of drug-likeness (QED) is 0.933. The van der Waals surface area contributed by atoms with Crippen LogP contribution in [0.3, 0.4) is 0 Å². The van der Waals surface area contributed by atoms with Crippen LogP contribution in [0.15, 0.2) is 28.7 Å². The van der Waals surface area contributed by atoms with Crippen LogP contribution in [0.1, 0.15) is 25.3 Å². The number of carboxylic acid groups (broad SMARTS) is 1. The van der Waals surface area contributed by atoms with E-state index in [9.17, 15) is 9.90 Å². The highest BCUT2D eigenvalue weighted by molar-refractivity contribution is 9.10. The summed E-state index contributed by atoms with van der Waals surface area (Å²) >= 11 is 3.50. The van der Waals surface area contributed by atoms with E-state index in [1.807, 2.05) is 31.2 Å². The summed E-state index contributed by atoms with van der Waals surface area (Å²) in [6.45, 7) is 3.35. The summed E-state index contributed by atoms with van der Waals surface area (Å²) in [5.74, 6) is -0.720. The van der Waals surface area contributed by atoms with Gasteiger partial charge in [0.05, 0.1) is 0 Å². The van der Waals surface area contributed by atoms with Crippen molar-refractivity contribution in [3.63, 3.8) is 0 Å². The first-order valence-electron chi connectivity index (χ1n) is 5.76. The van der Waals surface area contributed by atoms with Gasteiger partial charge in [-0.1, -0.05) is 34.1 Å². The fourth-order valence-corrected chi connectivity index (χ4v) is 2.76. The molecule has 1 atom stereocenters. The topological polar surface area (TPSA) is 40.5 Å². The highest BCUT2D eigenvalue weighted by Crippen LogP contribution is 2.32. The zero-order valence-electron chi connectivity index (χ0n) is 9.82. The molecule has 4 heteroatoms. The number of aliphatic carboxylic acids is 1. The summed E-state index contributed by atoms with van der Waals surface area (Å²) in [6.07, 6.45) is 1.68. The first-order valence-corrected chi connectivity index (χ1v) is 6.55. The fourth-order valence-electron chi connectivity index (χ4n) is 2.35. The second kappa shape index (κ2) is 4.78. The fraction of sp³-hybridized carbons (Fsp3) is 0.462. The van der Waals surface area contributed by atoms with Crippen LogP contribution in [-0.4, -0.2) is 28.1 Å². The van der Waals surface area contributed by atoms with Gasteiger partial charge in [-0.25, -0.2) is 0 Å². The molecule has 1 aliphatic heterocycles. The van der Waals surface area contributed by atoms with Gasteiger partial charge in [-0.05, 0) is 37.9 Å². The van der Waals surface area contributed by atoms with Gasteiger partial charge in [0.15, 0.2) is 0 Å². The Kier molecular flexibility index (Phi) is 3.54. The smallest absolute Gasteiger partial charge is 0.323 e. The maximum atomic E-state index is 11.4. The Morgan fingerprint density at radius 2 is 2.24 bits per heavy atom. The van der Waals surface area contributed by atoms with Gasteiger partial charge in [-0.3, -0.25) is 9.69 Å². The number of carboxylic acids is 1. The van der Waals surface area contributed by atoms with E-state index in [0.29, 0.717) is 6.54 Å². The lowest BCUT2D eigenvalue weighted by Gasteiger charge is -2.31. The lowest BCUT2D eigenvalue weighted by molar-refractivity contribution is -0.148. The minimum Gasteiger partial charge on any atom is -0.480 e. The molecule has 0 aliphatic carbocycles. The van der Waals surface area contributed by atoms with Crippen LogP contribution in [-0.2, 0) is 11.3 Å². The number of halogens is 1. The highest BCUT2D eigenvalue weighted by atomic mass is 79.9. The summed E-state index contributed by atoms with van der Waals surface area (Å²) in [7, 11) is 0. The minimum atomic E-state index is -0.720. The van der Waals surface area contributed by atoms with E-state index < -0.39 is 11.5 Å². The van der Waals surface area contributed by atoms with Crippen LogP contribution in [0, 0.1) is 0 Å². The highest BCUT2D eigenvalue weighted by Gasteiger charge is 2.43. The molecule has 0 radical (unpaired) electrons. The van der Waals surface area contributed by atoms with Gasteiger partial charge in [0.25, 0.3) is 0 Å². The number of benzene rings is 1. The lowest BCUT2D eigenvalue weighted by atomic mass is 9.99. The van der Waals surface area contributed by atoms with Crippen LogP contribution < -0.4 is 0 Å². The number of hydrogen-bond donors (Lipinski definition) is 1. The Labute approximate surface area is 110 Å². The summed E-state index contributed by atoms with van der Waals surface area (Å²) in [5.41, 5.74) is 0.428. The summed E-state index contributed by atoms with van der Waals surface area (Å²) in [5, 5.41) is 9.34. The van der Waals surface area contributed by atoms with Gasteiger partial charge in [0, 0.05) is 11.0 Å². The Hall–Kier alpha value is -0.870. The molecule has 0 spiro atoms. The normalized spacial score (nSPS) is 25.1. The Bertz CT molecular complexity index is 435. The van der Waals surface area contributed by atoms with E-state index in [4.69, 9.17) is 0 Å². The van der Waals surface area contributed by atoms with Crippen molar-refractivity contribution in [1.29, 1.82) is 0 Å². The molecule has 0 aromatic heterocycles. The molecule has 2 rings (SSSR count). The van der Waals surface area contributed by atoms with Gasteiger partial charge < -0.3 is 5.11 Å². The number of nitrogens with zero attached hydrogens (tertiary/aromatic N) is 1. The van der Waals surface area contributed by atoms with Crippen molar-refractivity contribution in [2.24, 2.45) is 0 Å². The first-order chi connectivity index (χ1) is 8.04. The maximum absolute atomic E-state index is 11.4. The summed E-state index contributed by atoms with van der Waals surface area (Å²) in [4.78, 5) is 13.4. The molecule has 0 bridgehead atoms. The van der Waals surface area contributed by atoms with Crippen LogP contribution in [0.5, 0.6) is 0 Å². The second-order valence-corrected chi connectivity index (χ2v) is 5.55. The van der Waals surface area contributed by atoms with Crippen molar-refractivity contribution in [3.8, 4) is 0 Å². The van der Waals surface area contributed by atoms with Crippen molar-refractivity contribution in [2.45, 2.75) is 31.8 Å². The average Bonchev–Trinajstić information content (AvgIpc) is 2.65.